The standard InChI is InChI=1S/C26H26N2O5/c1-2-11-32-15-18-12-21-25(22(13-18)33-16-23(29)30)24-19(26(27)31)9-6-10-20(24)28(21)14-17-7-4-3-5-8-17/h3-10,12-13H,2,11,14-16H2,1H3,(H2,27,31)(H,29,30). The molecule has 0 atom stereocenters. The van der Waals surface area contributed by atoms with Gasteiger partial charge in [0.1, 0.15) is 5.75 Å². The molecular formula is C26H26N2O5. The minimum Gasteiger partial charge on any atom is -0.481 e. The highest BCUT2D eigenvalue weighted by molar-refractivity contribution is 6.19. The van der Waals surface area contributed by atoms with Crippen LogP contribution in [0.2, 0.25) is 0 Å². The predicted molar refractivity (Wildman–Crippen MR) is 127 cm³/mol. The number of primary amides is 1. The van der Waals surface area contributed by atoms with Gasteiger partial charge in [0, 0.05) is 24.1 Å². The molecule has 0 aliphatic carbocycles. The number of aromatic nitrogens is 1. The number of carbonyl (C=O) groups excluding carboxylic acids is 1. The molecule has 0 bridgehead atoms. The predicted octanol–water partition coefficient (Wildman–Crippen LogP) is 4.33. The van der Waals surface area contributed by atoms with Gasteiger partial charge in [-0.05, 0) is 41.8 Å². The van der Waals surface area contributed by atoms with Crippen LogP contribution in [-0.4, -0.2) is 34.8 Å². The summed E-state index contributed by atoms with van der Waals surface area (Å²) < 4.78 is 13.6. The lowest BCUT2D eigenvalue weighted by atomic mass is 10.0. The lowest BCUT2D eigenvalue weighted by Crippen LogP contribution is -2.12. The molecule has 0 spiro atoms. The van der Waals surface area contributed by atoms with Crippen molar-refractivity contribution in [1.29, 1.82) is 0 Å². The average Bonchev–Trinajstić information content (AvgIpc) is 3.12. The normalized spacial score (nSPS) is 11.2. The summed E-state index contributed by atoms with van der Waals surface area (Å²) in [4.78, 5) is 23.6. The lowest BCUT2D eigenvalue weighted by molar-refractivity contribution is -0.139. The first-order valence-corrected chi connectivity index (χ1v) is 10.8. The number of benzene rings is 3. The molecule has 170 valence electrons. The molecule has 4 rings (SSSR count). The number of ether oxygens (including phenoxy) is 2. The molecule has 3 aromatic carbocycles. The topological polar surface area (TPSA) is 104 Å². The summed E-state index contributed by atoms with van der Waals surface area (Å²) in [6, 6.07) is 19.2. The summed E-state index contributed by atoms with van der Waals surface area (Å²) in [7, 11) is 0. The number of nitrogens with two attached hydrogens (primary N) is 1. The van der Waals surface area contributed by atoms with Crippen LogP contribution in [0.4, 0.5) is 0 Å². The summed E-state index contributed by atoms with van der Waals surface area (Å²) in [5.41, 5.74) is 9.65. The van der Waals surface area contributed by atoms with Gasteiger partial charge in [-0.3, -0.25) is 4.79 Å². The first kappa shape index (κ1) is 22.4. The third-order valence-electron chi connectivity index (χ3n) is 5.43. The van der Waals surface area contributed by atoms with Gasteiger partial charge in [0.2, 0.25) is 5.91 Å². The van der Waals surface area contributed by atoms with E-state index in [0.717, 1.165) is 28.6 Å². The molecule has 0 saturated carbocycles. The van der Waals surface area contributed by atoms with Gasteiger partial charge < -0.3 is 24.9 Å². The van der Waals surface area contributed by atoms with E-state index in [4.69, 9.17) is 15.2 Å². The van der Waals surface area contributed by atoms with E-state index in [1.165, 1.54) is 0 Å². The SMILES string of the molecule is CCCOCc1cc(OCC(=O)O)c2c3c(C(N)=O)cccc3n(Cc3ccccc3)c2c1. The summed E-state index contributed by atoms with van der Waals surface area (Å²) in [6.07, 6.45) is 0.890. The molecule has 3 N–H and O–H groups in total. The lowest BCUT2D eigenvalue weighted by Gasteiger charge is -2.12. The number of carboxylic acids is 1. The Morgan fingerprint density at radius 3 is 2.45 bits per heavy atom. The van der Waals surface area contributed by atoms with Gasteiger partial charge in [-0.25, -0.2) is 4.79 Å². The first-order valence-electron chi connectivity index (χ1n) is 10.8. The minimum absolute atomic E-state index is 0.361. The number of carboxylic acid groups (broad SMARTS) is 1. The smallest absolute Gasteiger partial charge is 0.341 e. The molecule has 33 heavy (non-hydrogen) atoms. The van der Waals surface area contributed by atoms with Crippen molar-refractivity contribution >= 4 is 33.7 Å². The molecule has 0 aliphatic heterocycles. The van der Waals surface area contributed by atoms with Crippen LogP contribution in [0.15, 0.2) is 60.7 Å². The van der Waals surface area contributed by atoms with Crippen molar-refractivity contribution in [3.8, 4) is 5.75 Å². The number of fused-ring (bicyclic) bond motifs is 3. The van der Waals surface area contributed by atoms with Crippen LogP contribution in [0.3, 0.4) is 0 Å². The number of rotatable bonds is 10. The second kappa shape index (κ2) is 9.75. The van der Waals surface area contributed by atoms with Crippen molar-refractivity contribution < 1.29 is 24.2 Å². The molecule has 4 aromatic rings. The van der Waals surface area contributed by atoms with E-state index < -0.39 is 18.5 Å². The molecule has 1 amide bonds. The Balaban J connectivity index is 2.01. The fourth-order valence-electron chi connectivity index (χ4n) is 4.09. The summed E-state index contributed by atoms with van der Waals surface area (Å²) in [6.45, 7) is 3.07. The number of hydrogen-bond donors (Lipinski definition) is 2. The minimum atomic E-state index is -1.08. The third kappa shape index (κ3) is 4.68. The van der Waals surface area contributed by atoms with Crippen LogP contribution in [0.5, 0.6) is 5.75 Å². The molecule has 0 radical (unpaired) electrons. The van der Waals surface area contributed by atoms with E-state index >= 15 is 0 Å². The Bertz CT molecular complexity index is 1310. The van der Waals surface area contributed by atoms with E-state index in [1.807, 2.05) is 49.4 Å². The highest BCUT2D eigenvalue weighted by Gasteiger charge is 2.21. The highest BCUT2D eigenvalue weighted by atomic mass is 16.5. The second-order valence-corrected chi connectivity index (χ2v) is 7.86. The zero-order valence-electron chi connectivity index (χ0n) is 18.4. The van der Waals surface area contributed by atoms with Crippen LogP contribution in [0.25, 0.3) is 21.8 Å². The van der Waals surface area contributed by atoms with Crippen LogP contribution in [0, 0.1) is 0 Å². The Kier molecular flexibility index (Phi) is 6.60. The van der Waals surface area contributed by atoms with Crippen molar-refractivity contribution in [3.05, 3.63) is 77.4 Å². The zero-order valence-corrected chi connectivity index (χ0v) is 18.4. The third-order valence-corrected chi connectivity index (χ3v) is 5.43. The summed E-state index contributed by atoms with van der Waals surface area (Å²) in [5, 5.41) is 10.5. The van der Waals surface area contributed by atoms with Gasteiger partial charge in [0.25, 0.3) is 0 Å². The molecule has 0 unspecified atom stereocenters. The Labute approximate surface area is 191 Å². The highest BCUT2D eigenvalue weighted by Crippen LogP contribution is 2.39. The van der Waals surface area contributed by atoms with Crippen LogP contribution in [-0.2, 0) is 22.7 Å². The quantitative estimate of drug-likeness (QED) is 0.353. The van der Waals surface area contributed by atoms with Crippen LogP contribution < -0.4 is 10.5 Å². The van der Waals surface area contributed by atoms with Gasteiger partial charge in [-0.15, -0.1) is 0 Å². The van der Waals surface area contributed by atoms with E-state index in [1.54, 1.807) is 18.2 Å². The fourth-order valence-corrected chi connectivity index (χ4v) is 4.09. The van der Waals surface area contributed by atoms with Crippen molar-refractivity contribution in [2.75, 3.05) is 13.2 Å². The van der Waals surface area contributed by atoms with Gasteiger partial charge in [-0.2, -0.15) is 0 Å². The van der Waals surface area contributed by atoms with Crippen molar-refractivity contribution in [2.24, 2.45) is 5.73 Å². The van der Waals surface area contributed by atoms with E-state index in [0.29, 0.717) is 41.8 Å². The largest absolute Gasteiger partial charge is 0.481 e. The number of hydrogen-bond acceptors (Lipinski definition) is 4. The number of nitrogens with zero attached hydrogens (tertiary/aromatic N) is 1. The van der Waals surface area contributed by atoms with E-state index in [2.05, 4.69) is 4.57 Å². The maximum absolute atomic E-state index is 12.3. The van der Waals surface area contributed by atoms with Gasteiger partial charge in [-0.1, -0.05) is 43.3 Å². The summed E-state index contributed by atoms with van der Waals surface area (Å²) >= 11 is 0. The van der Waals surface area contributed by atoms with Crippen LogP contribution >= 0.6 is 0 Å². The second-order valence-electron chi connectivity index (χ2n) is 7.86. The molecule has 0 aliphatic rings. The van der Waals surface area contributed by atoms with Crippen molar-refractivity contribution in [3.63, 3.8) is 0 Å². The first-order chi connectivity index (χ1) is 16.0. The maximum atomic E-state index is 12.3. The van der Waals surface area contributed by atoms with Crippen LogP contribution in [0.1, 0.15) is 34.8 Å². The maximum Gasteiger partial charge on any atom is 0.341 e. The van der Waals surface area contributed by atoms with Crippen molar-refractivity contribution in [2.45, 2.75) is 26.5 Å². The van der Waals surface area contributed by atoms with Gasteiger partial charge in [0.15, 0.2) is 6.61 Å². The average molecular weight is 447 g/mol. The number of amides is 1. The molecule has 1 heterocycles. The Morgan fingerprint density at radius 2 is 1.76 bits per heavy atom. The summed E-state index contributed by atoms with van der Waals surface area (Å²) in [5.74, 6) is -1.26. The van der Waals surface area contributed by atoms with E-state index in [9.17, 15) is 14.7 Å². The van der Waals surface area contributed by atoms with Crippen molar-refractivity contribution in [1.82, 2.24) is 4.57 Å². The molecule has 0 saturated heterocycles. The number of carbonyl (C=O) groups is 2. The monoisotopic (exact) mass is 446 g/mol. The Hall–Kier alpha value is -3.84. The van der Waals surface area contributed by atoms with Gasteiger partial charge >= 0.3 is 5.97 Å². The molecule has 7 nitrogen and oxygen atoms in total. The fraction of sp³-hybridized carbons (Fsp3) is 0.231. The molecule has 7 heteroatoms. The Morgan fingerprint density at radius 1 is 0.970 bits per heavy atom. The molecule has 0 fully saturated rings. The molecular weight excluding hydrogens is 420 g/mol. The van der Waals surface area contributed by atoms with E-state index in [-0.39, 0.29) is 0 Å². The molecule has 1 aromatic heterocycles. The van der Waals surface area contributed by atoms with Gasteiger partial charge in [0.05, 0.1) is 23.0 Å². The number of aliphatic carboxylic acids is 1. The zero-order chi connectivity index (χ0) is 23.4.